The molecule has 1 saturated carbocycles. The highest BCUT2D eigenvalue weighted by atomic mass is 35.5. The first-order valence-corrected chi connectivity index (χ1v) is 6.40. The smallest absolute Gasteiger partial charge is 0.239 e. The summed E-state index contributed by atoms with van der Waals surface area (Å²) in [6, 6.07) is 0.459. The molecule has 7 heteroatoms. The van der Waals surface area contributed by atoms with Crippen LogP contribution in [0.3, 0.4) is 0 Å². The number of amides is 1. The number of rotatable bonds is 5. The van der Waals surface area contributed by atoms with Gasteiger partial charge in [-0.25, -0.2) is 0 Å². The van der Waals surface area contributed by atoms with Gasteiger partial charge in [-0.2, -0.15) is 0 Å². The Bertz CT molecular complexity index is 290. The van der Waals surface area contributed by atoms with Gasteiger partial charge >= 0.3 is 0 Å². The monoisotopic (exact) mass is 313 g/mol. The first kappa shape index (κ1) is 18.9. The van der Waals surface area contributed by atoms with Gasteiger partial charge in [-0.15, -0.1) is 24.8 Å². The molecule has 114 valence electrons. The largest absolute Gasteiger partial charge is 0.383 e. The van der Waals surface area contributed by atoms with Crippen LogP contribution in [0.2, 0.25) is 0 Å². The summed E-state index contributed by atoms with van der Waals surface area (Å²) >= 11 is 0. The lowest BCUT2D eigenvalue weighted by molar-refractivity contribution is -0.124. The Morgan fingerprint density at radius 3 is 2.58 bits per heavy atom. The molecule has 2 aliphatic rings. The van der Waals surface area contributed by atoms with E-state index in [9.17, 15) is 4.79 Å². The molecule has 0 aromatic rings. The molecule has 3 N–H and O–H groups in total. The zero-order chi connectivity index (χ0) is 12.4. The predicted molar refractivity (Wildman–Crippen MR) is 80.0 cm³/mol. The van der Waals surface area contributed by atoms with Crippen molar-refractivity contribution in [2.75, 3.05) is 26.8 Å². The molecule has 19 heavy (non-hydrogen) atoms. The number of halogens is 2. The molecule has 0 radical (unpaired) electrons. The Kier molecular flexibility index (Phi) is 8.24. The van der Waals surface area contributed by atoms with E-state index in [2.05, 4.69) is 17.1 Å². The molecular weight excluding hydrogens is 289 g/mol. The third-order valence-electron chi connectivity index (χ3n) is 3.71. The molecule has 0 aromatic carbocycles. The van der Waals surface area contributed by atoms with Gasteiger partial charge in [-0.3, -0.25) is 9.69 Å². The van der Waals surface area contributed by atoms with Crippen LogP contribution in [0.4, 0.5) is 0 Å². The third kappa shape index (κ3) is 5.08. The van der Waals surface area contributed by atoms with E-state index in [1.165, 1.54) is 12.8 Å². The number of nitrogens with two attached hydrogens (primary N) is 1. The minimum Gasteiger partial charge on any atom is -0.383 e. The highest BCUT2D eigenvalue weighted by Crippen LogP contribution is 2.31. The lowest BCUT2D eigenvalue weighted by Gasteiger charge is -2.19. The Morgan fingerprint density at radius 1 is 1.42 bits per heavy atom. The average Bonchev–Trinajstić information content (AvgIpc) is 3.06. The maximum Gasteiger partial charge on any atom is 0.239 e. The topological polar surface area (TPSA) is 67.6 Å². The molecular formula is C12H25Cl2N3O2. The highest BCUT2D eigenvalue weighted by molar-refractivity contribution is 5.85. The molecule has 3 unspecified atom stereocenters. The minimum atomic E-state index is -0.554. The maximum absolute atomic E-state index is 11.8. The van der Waals surface area contributed by atoms with Crippen LogP contribution in [0.15, 0.2) is 0 Å². The second kappa shape index (κ2) is 8.27. The molecule has 0 spiro atoms. The Hall–Kier alpha value is -0.0700. The van der Waals surface area contributed by atoms with Gasteiger partial charge in [-0.1, -0.05) is 6.92 Å². The van der Waals surface area contributed by atoms with Crippen molar-refractivity contribution in [3.63, 3.8) is 0 Å². The summed E-state index contributed by atoms with van der Waals surface area (Å²) in [4.78, 5) is 14.3. The molecule has 0 aromatic heterocycles. The Balaban J connectivity index is 0.00000162. The second-order valence-electron chi connectivity index (χ2n) is 5.34. The number of nitrogens with zero attached hydrogens (tertiary/aromatic N) is 1. The van der Waals surface area contributed by atoms with E-state index >= 15 is 0 Å². The molecule has 1 heterocycles. The van der Waals surface area contributed by atoms with Gasteiger partial charge in [0.05, 0.1) is 6.61 Å². The lowest BCUT2D eigenvalue weighted by Crippen LogP contribution is -2.49. The van der Waals surface area contributed by atoms with E-state index in [-0.39, 0.29) is 43.4 Å². The summed E-state index contributed by atoms with van der Waals surface area (Å²) < 4.78 is 4.89. The van der Waals surface area contributed by atoms with E-state index in [1.54, 1.807) is 7.11 Å². The van der Waals surface area contributed by atoms with E-state index in [4.69, 9.17) is 10.5 Å². The van der Waals surface area contributed by atoms with E-state index in [1.807, 2.05) is 0 Å². The summed E-state index contributed by atoms with van der Waals surface area (Å²) in [7, 11) is 1.56. The van der Waals surface area contributed by atoms with Crippen molar-refractivity contribution in [3.8, 4) is 0 Å². The van der Waals surface area contributed by atoms with Crippen LogP contribution in [0, 0.1) is 5.92 Å². The highest BCUT2D eigenvalue weighted by Gasteiger charge is 2.38. The standard InChI is InChI=1S/C12H23N3O2.2ClH/c1-8-5-15(9-3-4-9)6-11(8)14-12(16)10(13)7-17-2;;/h8-11H,3-7,13H2,1-2H3,(H,14,16);2*1H. The fourth-order valence-corrected chi connectivity index (χ4v) is 2.48. The first-order valence-electron chi connectivity index (χ1n) is 6.40. The van der Waals surface area contributed by atoms with Gasteiger partial charge in [0.15, 0.2) is 0 Å². The van der Waals surface area contributed by atoms with Gasteiger partial charge in [0.2, 0.25) is 5.91 Å². The van der Waals surface area contributed by atoms with Crippen LogP contribution >= 0.6 is 24.8 Å². The Morgan fingerprint density at radius 2 is 2.05 bits per heavy atom. The lowest BCUT2D eigenvalue weighted by atomic mass is 10.1. The number of carbonyl (C=O) groups excluding carboxylic acids is 1. The number of ether oxygens (including phenoxy) is 1. The van der Waals surface area contributed by atoms with Crippen LogP contribution in [-0.2, 0) is 9.53 Å². The molecule has 2 fully saturated rings. The van der Waals surface area contributed by atoms with Crippen LogP contribution in [0.25, 0.3) is 0 Å². The predicted octanol–water partition coefficient (Wildman–Crippen LogP) is 0.403. The quantitative estimate of drug-likeness (QED) is 0.771. The zero-order valence-corrected chi connectivity index (χ0v) is 13.1. The summed E-state index contributed by atoms with van der Waals surface area (Å²) in [5.41, 5.74) is 5.71. The van der Waals surface area contributed by atoms with Crippen LogP contribution in [-0.4, -0.2) is 55.7 Å². The number of nitrogens with one attached hydrogen (secondary N) is 1. The molecule has 0 bridgehead atoms. The normalized spacial score (nSPS) is 28.2. The molecule has 5 nitrogen and oxygen atoms in total. The van der Waals surface area contributed by atoms with Gasteiger partial charge in [-0.05, 0) is 18.8 Å². The van der Waals surface area contributed by atoms with E-state index < -0.39 is 6.04 Å². The average molecular weight is 314 g/mol. The number of hydrogen-bond donors (Lipinski definition) is 2. The molecule has 1 aliphatic carbocycles. The first-order chi connectivity index (χ1) is 8.11. The van der Waals surface area contributed by atoms with E-state index in [0.717, 1.165) is 19.1 Å². The van der Waals surface area contributed by atoms with Gasteiger partial charge in [0, 0.05) is 32.3 Å². The SMILES string of the molecule is COCC(N)C(=O)NC1CN(C2CC2)CC1C.Cl.Cl. The van der Waals surface area contributed by atoms with Gasteiger partial charge in [0.1, 0.15) is 6.04 Å². The molecule has 3 atom stereocenters. The zero-order valence-electron chi connectivity index (χ0n) is 11.5. The van der Waals surface area contributed by atoms with Crippen molar-refractivity contribution in [1.82, 2.24) is 10.2 Å². The van der Waals surface area contributed by atoms with Crippen LogP contribution in [0.5, 0.6) is 0 Å². The minimum absolute atomic E-state index is 0. The molecule has 1 aliphatic heterocycles. The maximum atomic E-state index is 11.8. The molecule has 2 rings (SSSR count). The summed E-state index contributed by atoms with van der Waals surface area (Å²) in [6.07, 6.45) is 2.63. The van der Waals surface area contributed by atoms with Crippen molar-refractivity contribution < 1.29 is 9.53 Å². The number of hydrogen-bond acceptors (Lipinski definition) is 4. The summed E-state index contributed by atoms with van der Waals surface area (Å²) in [6.45, 7) is 4.53. The molecule has 1 amide bonds. The van der Waals surface area contributed by atoms with Crippen molar-refractivity contribution in [2.45, 2.75) is 37.9 Å². The van der Waals surface area contributed by atoms with Crippen molar-refractivity contribution >= 4 is 30.7 Å². The van der Waals surface area contributed by atoms with Crippen molar-refractivity contribution in [3.05, 3.63) is 0 Å². The van der Waals surface area contributed by atoms with Crippen molar-refractivity contribution in [2.24, 2.45) is 11.7 Å². The van der Waals surface area contributed by atoms with Gasteiger partial charge < -0.3 is 15.8 Å². The fraction of sp³-hybridized carbons (Fsp3) is 0.917. The Labute approximate surface area is 127 Å². The fourth-order valence-electron chi connectivity index (χ4n) is 2.48. The summed E-state index contributed by atoms with van der Waals surface area (Å²) in [5.74, 6) is 0.413. The van der Waals surface area contributed by atoms with Crippen molar-refractivity contribution in [1.29, 1.82) is 0 Å². The van der Waals surface area contributed by atoms with Crippen LogP contribution in [0.1, 0.15) is 19.8 Å². The summed E-state index contributed by atoms with van der Waals surface area (Å²) in [5, 5.41) is 3.04. The molecule has 1 saturated heterocycles. The number of likely N-dealkylation sites (tertiary alicyclic amines) is 1. The van der Waals surface area contributed by atoms with E-state index in [0.29, 0.717) is 5.92 Å². The van der Waals surface area contributed by atoms with Crippen LogP contribution < -0.4 is 11.1 Å². The number of carbonyl (C=O) groups is 1. The van der Waals surface area contributed by atoms with Gasteiger partial charge in [0.25, 0.3) is 0 Å². The number of methoxy groups -OCH3 is 1. The second-order valence-corrected chi connectivity index (χ2v) is 5.34. The third-order valence-corrected chi connectivity index (χ3v) is 3.71.